The Morgan fingerprint density at radius 1 is 0.964 bits per heavy atom. The van der Waals surface area contributed by atoms with Crippen LogP contribution in [0.4, 0.5) is 4.39 Å². The van der Waals surface area contributed by atoms with Crippen molar-refractivity contribution in [2.24, 2.45) is 0 Å². The molecule has 3 aromatic heterocycles. The predicted molar refractivity (Wildman–Crippen MR) is 103 cm³/mol. The molecule has 0 fully saturated rings. The molecule has 0 aliphatic rings. The van der Waals surface area contributed by atoms with Crippen molar-refractivity contribution in [1.82, 2.24) is 14.4 Å². The quantitative estimate of drug-likeness (QED) is 0.526. The maximum atomic E-state index is 14.6. The number of rotatable bonds is 4. The molecular weight excluding hydrogens is 381 g/mol. The molecule has 0 aliphatic carbocycles. The normalized spacial score (nSPS) is 11.7. The summed E-state index contributed by atoms with van der Waals surface area (Å²) in [6.45, 7) is 0. The third-order valence-electron chi connectivity index (χ3n) is 4.42. The Morgan fingerprint density at radius 2 is 1.68 bits per heavy atom. The van der Waals surface area contributed by atoms with Crippen molar-refractivity contribution < 1.29 is 17.5 Å². The largest absolute Gasteiger partial charge is 0.481 e. The number of hydrogen-bond acceptors (Lipinski definition) is 5. The molecule has 4 aromatic rings. The van der Waals surface area contributed by atoms with E-state index in [2.05, 4.69) is 9.97 Å². The molecule has 0 spiro atoms. The number of imidazole rings is 1. The molecule has 0 radical (unpaired) electrons. The summed E-state index contributed by atoms with van der Waals surface area (Å²) in [6.07, 6.45) is 6.09. The molecule has 0 saturated heterocycles. The molecule has 4 rings (SSSR count). The minimum atomic E-state index is -3.29. The summed E-state index contributed by atoms with van der Waals surface area (Å²) in [4.78, 5) is 8.54. The number of halogens is 1. The topological polar surface area (TPSA) is 73.6 Å². The lowest BCUT2D eigenvalue weighted by Gasteiger charge is -2.08. The smallest absolute Gasteiger partial charge is 0.212 e. The van der Waals surface area contributed by atoms with E-state index in [4.69, 9.17) is 4.74 Å². The molecule has 3 heterocycles. The van der Waals surface area contributed by atoms with Crippen LogP contribution in [-0.4, -0.2) is 36.2 Å². The van der Waals surface area contributed by atoms with E-state index in [1.807, 2.05) is 0 Å². The molecule has 0 N–H and O–H groups in total. The number of aromatic nitrogens is 3. The van der Waals surface area contributed by atoms with Gasteiger partial charge in [-0.3, -0.25) is 4.40 Å². The van der Waals surface area contributed by atoms with Gasteiger partial charge in [-0.2, -0.15) is 0 Å². The van der Waals surface area contributed by atoms with Crippen LogP contribution in [0.15, 0.2) is 66.0 Å². The van der Waals surface area contributed by atoms with E-state index in [1.54, 1.807) is 47.3 Å². The fraction of sp³-hybridized carbons (Fsp3) is 0.100. The minimum Gasteiger partial charge on any atom is -0.481 e. The molecule has 1 aromatic carbocycles. The van der Waals surface area contributed by atoms with Gasteiger partial charge in [-0.1, -0.05) is 12.1 Å². The van der Waals surface area contributed by atoms with Crippen LogP contribution >= 0.6 is 0 Å². The van der Waals surface area contributed by atoms with Gasteiger partial charge in [0.15, 0.2) is 21.3 Å². The maximum Gasteiger partial charge on any atom is 0.212 e. The average molecular weight is 397 g/mol. The third-order valence-corrected chi connectivity index (χ3v) is 5.55. The summed E-state index contributed by atoms with van der Waals surface area (Å²) in [6, 6.07) is 11.3. The molecule has 6 nitrogen and oxygen atoms in total. The van der Waals surface area contributed by atoms with Crippen molar-refractivity contribution in [3.05, 3.63) is 66.9 Å². The summed E-state index contributed by atoms with van der Waals surface area (Å²) in [5.41, 5.74) is 2.93. The second-order valence-corrected chi connectivity index (χ2v) is 8.32. The highest BCUT2D eigenvalue weighted by Gasteiger charge is 2.14. The summed E-state index contributed by atoms with van der Waals surface area (Å²) >= 11 is 0. The van der Waals surface area contributed by atoms with Crippen molar-refractivity contribution in [3.8, 4) is 28.3 Å². The zero-order chi connectivity index (χ0) is 19.9. The lowest BCUT2D eigenvalue weighted by Crippen LogP contribution is -1.97. The second-order valence-electron chi connectivity index (χ2n) is 6.30. The molecule has 28 heavy (non-hydrogen) atoms. The Hall–Kier alpha value is -3.26. The van der Waals surface area contributed by atoms with Crippen LogP contribution in [0.2, 0.25) is 0 Å². The Kier molecular flexibility index (Phi) is 4.35. The Morgan fingerprint density at radius 3 is 2.29 bits per heavy atom. The van der Waals surface area contributed by atoms with E-state index in [-0.39, 0.29) is 10.5 Å². The van der Waals surface area contributed by atoms with E-state index in [0.717, 1.165) is 17.4 Å². The number of pyridine rings is 2. The lowest BCUT2D eigenvalue weighted by atomic mass is 10.1. The van der Waals surface area contributed by atoms with Crippen molar-refractivity contribution >= 4 is 15.5 Å². The molecule has 0 aliphatic heterocycles. The SMILES string of the molecule is COc1ccc(-c2cc(F)c3ncc(-c4ccc(S(C)(=O)=O)cc4)n3c2)cn1. The zero-order valence-electron chi connectivity index (χ0n) is 15.1. The van der Waals surface area contributed by atoms with E-state index in [9.17, 15) is 12.8 Å². The van der Waals surface area contributed by atoms with Crippen LogP contribution in [0, 0.1) is 5.82 Å². The first-order valence-corrected chi connectivity index (χ1v) is 10.2. The number of nitrogens with zero attached hydrogens (tertiary/aromatic N) is 3. The van der Waals surface area contributed by atoms with Gasteiger partial charge in [0.2, 0.25) is 5.88 Å². The second kappa shape index (κ2) is 6.72. The zero-order valence-corrected chi connectivity index (χ0v) is 15.9. The van der Waals surface area contributed by atoms with Crippen LogP contribution in [0.3, 0.4) is 0 Å². The number of fused-ring (bicyclic) bond motifs is 1. The van der Waals surface area contributed by atoms with Gasteiger partial charge in [0, 0.05) is 41.4 Å². The average Bonchev–Trinajstić information content (AvgIpc) is 3.12. The van der Waals surface area contributed by atoms with Gasteiger partial charge in [-0.05, 0) is 24.3 Å². The van der Waals surface area contributed by atoms with E-state index in [1.165, 1.54) is 25.3 Å². The summed E-state index contributed by atoms with van der Waals surface area (Å²) in [5, 5.41) is 0. The predicted octanol–water partition coefficient (Wildman–Crippen LogP) is 3.61. The molecule has 0 atom stereocenters. The first kappa shape index (κ1) is 18.1. The first-order chi connectivity index (χ1) is 13.4. The van der Waals surface area contributed by atoms with Gasteiger partial charge in [-0.15, -0.1) is 0 Å². The highest BCUT2D eigenvalue weighted by atomic mass is 32.2. The van der Waals surface area contributed by atoms with Crippen molar-refractivity contribution in [1.29, 1.82) is 0 Å². The molecule has 142 valence electrons. The number of methoxy groups -OCH3 is 1. The number of benzene rings is 1. The van der Waals surface area contributed by atoms with Gasteiger partial charge in [0.25, 0.3) is 0 Å². The highest BCUT2D eigenvalue weighted by Crippen LogP contribution is 2.28. The highest BCUT2D eigenvalue weighted by molar-refractivity contribution is 7.90. The van der Waals surface area contributed by atoms with Crippen LogP contribution in [0.5, 0.6) is 5.88 Å². The molecule has 0 bridgehead atoms. The minimum absolute atomic E-state index is 0.187. The Labute approximate surface area is 161 Å². The van der Waals surface area contributed by atoms with Crippen LogP contribution < -0.4 is 4.74 Å². The number of ether oxygens (including phenoxy) is 1. The van der Waals surface area contributed by atoms with Crippen LogP contribution in [0.1, 0.15) is 0 Å². The fourth-order valence-corrected chi connectivity index (χ4v) is 3.59. The molecule has 0 unspecified atom stereocenters. The fourth-order valence-electron chi connectivity index (χ4n) is 2.96. The van der Waals surface area contributed by atoms with Gasteiger partial charge in [0.1, 0.15) is 0 Å². The van der Waals surface area contributed by atoms with Gasteiger partial charge < -0.3 is 4.74 Å². The summed E-state index contributed by atoms with van der Waals surface area (Å²) in [7, 11) is -1.76. The third kappa shape index (κ3) is 3.22. The monoisotopic (exact) mass is 397 g/mol. The summed E-state index contributed by atoms with van der Waals surface area (Å²) < 4.78 is 44.6. The standard InChI is InChI=1S/C20H16FN3O3S/c1-27-19-8-5-14(10-22-19)15-9-17(21)20-23-11-18(24(20)12-15)13-3-6-16(7-4-13)28(2,25)26/h3-12H,1-2H3. The van der Waals surface area contributed by atoms with E-state index in [0.29, 0.717) is 17.1 Å². The van der Waals surface area contributed by atoms with Gasteiger partial charge in [0.05, 0.1) is 23.9 Å². The summed E-state index contributed by atoms with van der Waals surface area (Å²) in [5.74, 6) is 0.00640. The Balaban J connectivity index is 1.83. The van der Waals surface area contributed by atoms with Crippen molar-refractivity contribution in [3.63, 3.8) is 0 Å². The number of hydrogen-bond donors (Lipinski definition) is 0. The molecule has 8 heteroatoms. The molecular formula is C20H16FN3O3S. The van der Waals surface area contributed by atoms with Crippen molar-refractivity contribution in [2.45, 2.75) is 4.90 Å². The van der Waals surface area contributed by atoms with Crippen LogP contribution in [-0.2, 0) is 9.84 Å². The van der Waals surface area contributed by atoms with Gasteiger partial charge >= 0.3 is 0 Å². The lowest BCUT2D eigenvalue weighted by molar-refractivity contribution is 0.398. The molecule has 0 amide bonds. The Bertz CT molecular complexity index is 1260. The first-order valence-electron chi connectivity index (χ1n) is 8.34. The molecule has 0 saturated carbocycles. The maximum absolute atomic E-state index is 14.6. The van der Waals surface area contributed by atoms with Crippen molar-refractivity contribution in [2.75, 3.05) is 13.4 Å². The van der Waals surface area contributed by atoms with E-state index >= 15 is 0 Å². The number of sulfone groups is 1. The van der Waals surface area contributed by atoms with Crippen LogP contribution in [0.25, 0.3) is 28.0 Å². The van der Waals surface area contributed by atoms with Gasteiger partial charge in [-0.25, -0.2) is 22.8 Å². The van der Waals surface area contributed by atoms with E-state index < -0.39 is 15.7 Å².